The van der Waals surface area contributed by atoms with Crippen LogP contribution in [0.15, 0.2) is 29.9 Å². The van der Waals surface area contributed by atoms with Gasteiger partial charge in [0.25, 0.3) is 0 Å². The molecular formula is C12H13N5S. The zero-order valence-electron chi connectivity index (χ0n) is 10.00. The molecule has 0 amide bonds. The second-order valence-electron chi connectivity index (χ2n) is 4.06. The lowest BCUT2D eigenvalue weighted by molar-refractivity contribution is 0.931. The lowest BCUT2D eigenvalue weighted by Crippen LogP contribution is -2.07. The van der Waals surface area contributed by atoms with Gasteiger partial charge in [0.15, 0.2) is 4.96 Å². The van der Waals surface area contributed by atoms with E-state index in [1.807, 2.05) is 35.0 Å². The Hall–Kier alpha value is -1.95. The molecule has 3 heterocycles. The zero-order chi connectivity index (χ0) is 12.4. The van der Waals surface area contributed by atoms with Gasteiger partial charge < -0.3 is 5.32 Å². The SMILES string of the molecule is Cc1ccc(NCCc2cn3ccsc3n2)nn1. The van der Waals surface area contributed by atoms with Crippen LogP contribution in [0.1, 0.15) is 11.4 Å². The molecule has 5 nitrogen and oxygen atoms in total. The van der Waals surface area contributed by atoms with Crippen LogP contribution in [-0.4, -0.2) is 26.1 Å². The fraction of sp³-hybridized carbons (Fsp3) is 0.250. The third kappa shape index (κ3) is 2.33. The van der Waals surface area contributed by atoms with Crippen LogP contribution in [0, 0.1) is 6.92 Å². The van der Waals surface area contributed by atoms with Crippen LogP contribution in [-0.2, 0) is 6.42 Å². The standard InChI is InChI=1S/C12H13N5S/c1-9-2-3-11(16-15-9)13-5-4-10-8-17-6-7-18-12(17)14-10/h2-3,6-8H,4-5H2,1H3,(H,13,16). The number of anilines is 1. The summed E-state index contributed by atoms with van der Waals surface area (Å²) in [5, 5.41) is 13.3. The topological polar surface area (TPSA) is 55.1 Å². The lowest BCUT2D eigenvalue weighted by atomic mass is 10.3. The van der Waals surface area contributed by atoms with E-state index in [0.717, 1.165) is 35.1 Å². The van der Waals surface area contributed by atoms with Gasteiger partial charge in [-0.05, 0) is 19.1 Å². The molecule has 0 saturated carbocycles. The fourth-order valence-corrected chi connectivity index (χ4v) is 2.43. The molecule has 0 bridgehead atoms. The average Bonchev–Trinajstić information content (AvgIpc) is 2.92. The molecule has 0 spiro atoms. The largest absolute Gasteiger partial charge is 0.368 e. The van der Waals surface area contributed by atoms with Gasteiger partial charge in [0, 0.05) is 30.7 Å². The van der Waals surface area contributed by atoms with Crippen molar-refractivity contribution in [3.63, 3.8) is 0 Å². The van der Waals surface area contributed by atoms with Gasteiger partial charge in [-0.2, -0.15) is 5.10 Å². The number of rotatable bonds is 4. The molecule has 92 valence electrons. The number of imidazole rings is 1. The minimum atomic E-state index is 0.807. The van der Waals surface area contributed by atoms with E-state index >= 15 is 0 Å². The smallest absolute Gasteiger partial charge is 0.193 e. The van der Waals surface area contributed by atoms with Crippen molar-refractivity contribution in [3.05, 3.63) is 41.3 Å². The van der Waals surface area contributed by atoms with Gasteiger partial charge in [-0.3, -0.25) is 4.40 Å². The van der Waals surface area contributed by atoms with Crippen molar-refractivity contribution in [2.24, 2.45) is 0 Å². The quantitative estimate of drug-likeness (QED) is 0.780. The first-order chi connectivity index (χ1) is 8.81. The average molecular weight is 259 g/mol. The minimum absolute atomic E-state index is 0.807. The fourth-order valence-electron chi connectivity index (χ4n) is 1.71. The molecule has 0 aliphatic heterocycles. The first-order valence-electron chi connectivity index (χ1n) is 5.76. The molecular weight excluding hydrogens is 246 g/mol. The molecule has 18 heavy (non-hydrogen) atoms. The summed E-state index contributed by atoms with van der Waals surface area (Å²) in [5.74, 6) is 0.807. The Balaban J connectivity index is 1.58. The maximum absolute atomic E-state index is 4.52. The Bertz CT molecular complexity index is 611. The van der Waals surface area contributed by atoms with Gasteiger partial charge in [-0.15, -0.1) is 16.4 Å². The Morgan fingerprint density at radius 3 is 3.06 bits per heavy atom. The Kier molecular flexibility index (Phi) is 2.93. The summed E-state index contributed by atoms with van der Waals surface area (Å²) in [4.78, 5) is 5.57. The number of thiazole rings is 1. The molecule has 3 aromatic heterocycles. The number of nitrogens with zero attached hydrogens (tertiary/aromatic N) is 4. The summed E-state index contributed by atoms with van der Waals surface area (Å²) in [6.45, 7) is 2.73. The molecule has 0 aromatic carbocycles. The van der Waals surface area contributed by atoms with Gasteiger partial charge >= 0.3 is 0 Å². The maximum Gasteiger partial charge on any atom is 0.193 e. The van der Waals surface area contributed by atoms with Gasteiger partial charge in [-0.25, -0.2) is 4.98 Å². The number of fused-ring (bicyclic) bond motifs is 1. The van der Waals surface area contributed by atoms with Crippen molar-refractivity contribution in [1.29, 1.82) is 0 Å². The number of aryl methyl sites for hydroxylation is 1. The molecule has 0 unspecified atom stereocenters. The summed E-state index contributed by atoms with van der Waals surface area (Å²) in [7, 11) is 0. The normalized spacial score (nSPS) is 10.9. The second-order valence-corrected chi connectivity index (χ2v) is 4.93. The highest BCUT2D eigenvalue weighted by atomic mass is 32.1. The molecule has 0 saturated heterocycles. The van der Waals surface area contributed by atoms with Crippen LogP contribution in [0.5, 0.6) is 0 Å². The van der Waals surface area contributed by atoms with E-state index < -0.39 is 0 Å². The summed E-state index contributed by atoms with van der Waals surface area (Å²) < 4.78 is 2.05. The molecule has 0 atom stereocenters. The first-order valence-corrected chi connectivity index (χ1v) is 6.64. The third-order valence-electron chi connectivity index (χ3n) is 2.63. The van der Waals surface area contributed by atoms with E-state index in [4.69, 9.17) is 0 Å². The zero-order valence-corrected chi connectivity index (χ0v) is 10.8. The van der Waals surface area contributed by atoms with Gasteiger partial charge in [0.2, 0.25) is 0 Å². The van der Waals surface area contributed by atoms with Crippen LogP contribution < -0.4 is 5.32 Å². The van der Waals surface area contributed by atoms with E-state index in [2.05, 4.69) is 26.7 Å². The summed E-state index contributed by atoms with van der Waals surface area (Å²) in [5.41, 5.74) is 2.02. The van der Waals surface area contributed by atoms with Gasteiger partial charge in [-0.1, -0.05) is 0 Å². The number of hydrogen-bond donors (Lipinski definition) is 1. The monoisotopic (exact) mass is 259 g/mol. The predicted molar refractivity (Wildman–Crippen MR) is 72.0 cm³/mol. The van der Waals surface area contributed by atoms with Gasteiger partial charge in [0.1, 0.15) is 5.82 Å². The summed E-state index contributed by atoms with van der Waals surface area (Å²) >= 11 is 1.65. The van der Waals surface area contributed by atoms with Crippen LogP contribution in [0.25, 0.3) is 4.96 Å². The van der Waals surface area contributed by atoms with Crippen LogP contribution in [0.4, 0.5) is 5.82 Å². The molecule has 3 aromatic rings. The molecule has 6 heteroatoms. The molecule has 3 rings (SSSR count). The van der Waals surface area contributed by atoms with E-state index in [1.165, 1.54) is 0 Å². The van der Waals surface area contributed by atoms with E-state index in [0.29, 0.717) is 0 Å². The number of aromatic nitrogens is 4. The van der Waals surface area contributed by atoms with E-state index in [9.17, 15) is 0 Å². The summed E-state index contributed by atoms with van der Waals surface area (Å²) in [6.07, 6.45) is 4.97. The lowest BCUT2D eigenvalue weighted by Gasteiger charge is -2.02. The molecule has 1 N–H and O–H groups in total. The van der Waals surface area contributed by atoms with E-state index in [-0.39, 0.29) is 0 Å². The highest BCUT2D eigenvalue weighted by molar-refractivity contribution is 7.15. The van der Waals surface area contributed by atoms with Crippen LogP contribution in [0.3, 0.4) is 0 Å². The Morgan fingerprint density at radius 1 is 1.33 bits per heavy atom. The number of hydrogen-bond acceptors (Lipinski definition) is 5. The van der Waals surface area contributed by atoms with Crippen LogP contribution in [0.2, 0.25) is 0 Å². The molecule has 0 fully saturated rings. The first kappa shape index (κ1) is 11.2. The van der Waals surface area contributed by atoms with Crippen molar-refractivity contribution >= 4 is 22.1 Å². The van der Waals surface area contributed by atoms with Crippen molar-refractivity contribution < 1.29 is 0 Å². The number of nitrogens with one attached hydrogen (secondary N) is 1. The Morgan fingerprint density at radius 2 is 2.28 bits per heavy atom. The van der Waals surface area contributed by atoms with Crippen molar-refractivity contribution in [1.82, 2.24) is 19.6 Å². The minimum Gasteiger partial charge on any atom is -0.368 e. The highest BCUT2D eigenvalue weighted by Gasteiger charge is 2.02. The van der Waals surface area contributed by atoms with E-state index in [1.54, 1.807) is 11.3 Å². The van der Waals surface area contributed by atoms with Crippen molar-refractivity contribution in [2.45, 2.75) is 13.3 Å². The van der Waals surface area contributed by atoms with Crippen molar-refractivity contribution in [2.75, 3.05) is 11.9 Å². The third-order valence-corrected chi connectivity index (χ3v) is 3.40. The predicted octanol–water partition coefficient (Wildman–Crippen LogP) is 2.15. The summed E-state index contributed by atoms with van der Waals surface area (Å²) in [6, 6.07) is 3.88. The van der Waals surface area contributed by atoms with Gasteiger partial charge in [0.05, 0.1) is 11.4 Å². The van der Waals surface area contributed by atoms with Crippen LogP contribution >= 0.6 is 11.3 Å². The molecule has 0 aliphatic rings. The molecule has 0 aliphatic carbocycles. The maximum atomic E-state index is 4.52. The molecule has 0 radical (unpaired) electrons. The van der Waals surface area contributed by atoms with Crippen molar-refractivity contribution in [3.8, 4) is 0 Å². The Labute approximate surface area is 109 Å². The second kappa shape index (κ2) is 4.73. The highest BCUT2D eigenvalue weighted by Crippen LogP contribution is 2.11.